The number of fused-ring (bicyclic) bond motifs is 5. The van der Waals surface area contributed by atoms with Gasteiger partial charge in [-0.3, -0.25) is 9.59 Å². The van der Waals surface area contributed by atoms with Crippen molar-refractivity contribution >= 4 is 22.7 Å². The van der Waals surface area contributed by atoms with E-state index in [-0.39, 0.29) is 23.5 Å². The van der Waals surface area contributed by atoms with E-state index in [1.54, 1.807) is 0 Å². The molecule has 2 aromatic carbocycles. The third kappa shape index (κ3) is 2.68. The van der Waals surface area contributed by atoms with Crippen LogP contribution in [-0.4, -0.2) is 18.0 Å². The largest absolute Gasteiger partial charge is 0.462 e. The molecule has 3 atom stereocenters. The molecule has 0 heterocycles. The van der Waals surface area contributed by atoms with Gasteiger partial charge in [0.15, 0.2) is 0 Å². The van der Waals surface area contributed by atoms with Crippen LogP contribution in [-0.2, 0) is 20.7 Å². The van der Waals surface area contributed by atoms with Crippen molar-refractivity contribution in [1.82, 2.24) is 0 Å². The lowest BCUT2D eigenvalue weighted by atomic mass is 9.65. The second-order valence-corrected chi connectivity index (χ2v) is 7.84. The highest BCUT2D eigenvalue weighted by molar-refractivity contribution is 5.89. The second kappa shape index (κ2) is 6.11. The molecule has 136 valence electrons. The molecule has 0 N–H and O–H groups in total. The Kier molecular flexibility index (Phi) is 4.02. The molecule has 1 saturated carbocycles. The average molecular weight is 352 g/mol. The summed E-state index contributed by atoms with van der Waals surface area (Å²) in [6, 6.07) is 10.2. The van der Waals surface area contributed by atoms with E-state index in [4.69, 9.17) is 9.47 Å². The lowest BCUT2D eigenvalue weighted by Gasteiger charge is -2.41. The summed E-state index contributed by atoms with van der Waals surface area (Å²) in [7, 11) is 0. The van der Waals surface area contributed by atoms with E-state index in [2.05, 4.69) is 25.1 Å². The standard InChI is InChI=1S/C22H24O4/c1-13(23)25-16-5-7-17-15(12-16)4-6-19-18(17)10-11-22(3)20(19)8-9-21(22)26-14(2)24/h4-7,12,20-21H,8-11H2,1-3H3/t20-,21-,22-/m0/s1. The second-order valence-electron chi connectivity index (χ2n) is 7.84. The Morgan fingerprint density at radius 2 is 1.88 bits per heavy atom. The molecule has 2 aromatic rings. The third-order valence-electron chi connectivity index (χ3n) is 6.25. The van der Waals surface area contributed by atoms with Gasteiger partial charge in [0.25, 0.3) is 0 Å². The van der Waals surface area contributed by atoms with Gasteiger partial charge in [-0.1, -0.05) is 25.1 Å². The van der Waals surface area contributed by atoms with Gasteiger partial charge in [0.2, 0.25) is 0 Å². The third-order valence-corrected chi connectivity index (χ3v) is 6.25. The minimum absolute atomic E-state index is 0.0141. The Balaban J connectivity index is 1.73. The lowest BCUT2D eigenvalue weighted by molar-refractivity contribution is -0.152. The van der Waals surface area contributed by atoms with Gasteiger partial charge in [-0.05, 0) is 65.6 Å². The summed E-state index contributed by atoms with van der Waals surface area (Å²) in [6.45, 7) is 5.19. The van der Waals surface area contributed by atoms with Crippen LogP contribution in [0.4, 0.5) is 0 Å². The number of rotatable bonds is 2. The van der Waals surface area contributed by atoms with E-state index in [0.717, 1.165) is 31.1 Å². The molecule has 0 aliphatic heterocycles. The van der Waals surface area contributed by atoms with E-state index < -0.39 is 0 Å². The highest BCUT2D eigenvalue weighted by Gasteiger charge is 2.51. The lowest BCUT2D eigenvalue weighted by Crippen LogP contribution is -2.37. The first-order valence-electron chi connectivity index (χ1n) is 9.29. The van der Waals surface area contributed by atoms with Crippen molar-refractivity contribution in [2.75, 3.05) is 0 Å². The molecule has 1 fully saturated rings. The van der Waals surface area contributed by atoms with Crippen LogP contribution in [0.25, 0.3) is 10.8 Å². The number of carbonyl (C=O) groups is 2. The molecular formula is C22H24O4. The summed E-state index contributed by atoms with van der Waals surface area (Å²) in [5, 5.41) is 2.33. The number of aryl methyl sites for hydroxylation is 1. The van der Waals surface area contributed by atoms with Crippen molar-refractivity contribution in [3.05, 3.63) is 41.5 Å². The summed E-state index contributed by atoms with van der Waals surface area (Å²) in [6.07, 6.45) is 4.00. The fraction of sp³-hybridized carbons (Fsp3) is 0.455. The monoisotopic (exact) mass is 352 g/mol. The van der Waals surface area contributed by atoms with Crippen molar-refractivity contribution in [1.29, 1.82) is 0 Å². The molecule has 0 bridgehead atoms. The highest BCUT2D eigenvalue weighted by Crippen LogP contribution is 2.57. The highest BCUT2D eigenvalue weighted by atomic mass is 16.5. The molecule has 4 nitrogen and oxygen atoms in total. The fourth-order valence-electron chi connectivity index (χ4n) is 5.06. The normalized spacial score (nSPS) is 26.9. The van der Waals surface area contributed by atoms with Gasteiger partial charge < -0.3 is 9.47 Å². The van der Waals surface area contributed by atoms with Crippen molar-refractivity contribution < 1.29 is 19.1 Å². The molecule has 2 aliphatic rings. The van der Waals surface area contributed by atoms with Gasteiger partial charge in [0, 0.05) is 19.3 Å². The SMILES string of the molecule is CC(=O)Oc1ccc2c3c(ccc2c1)[C@@H]1CC[C@H](OC(C)=O)[C@@]1(C)CC3. The number of hydrogen-bond donors (Lipinski definition) is 0. The first-order chi connectivity index (χ1) is 12.4. The van der Waals surface area contributed by atoms with Crippen LogP contribution in [0.1, 0.15) is 57.1 Å². The van der Waals surface area contributed by atoms with Crippen molar-refractivity contribution in [3.8, 4) is 5.75 Å². The fourth-order valence-corrected chi connectivity index (χ4v) is 5.06. The summed E-state index contributed by atoms with van der Waals surface area (Å²) in [5.41, 5.74) is 2.80. The quantitative estimate of drug-likeness (QED) is 0.589. The Morgan fingerprint density at radius 3 is 2.62 bits per heavy atom. The maximum absolute atomic E-state index is 11.5. The van der Waals surface area contributed by atoms with Crippen LogP contribution in [0.3, 0.4) is 0 Å². The summed E-state index contributed by atoms with van der Waals surface area (Å²) < 4.78 is 10.9. The van der Waals surface area contributed by atoms with Crippen LogP contribution in [0.5, 0.6) is 5.75 Å². The maximum Gasteiger partial charge on any atom is 0.308 e. The minimum Gasteiger partial charge on any atom is -0.462 e. The molecule has 0 radical (unpaired) electrons. The molecule has 0 amide bonds. The molecule has 4 rings (SSSR count). The zero-order valence-electron chi connectivity index (χ0n) is 15.5. The Hall–Kier alpha value is -2.36. The molecule has 26 heavy (non-hydrogen) atoms. The Bertz CT molecular complexity index is 900. The van der Waals surface area contributed by atoms with Crippen LogP contribution in [0, 0.1) is 5.41 Å². The molecule has 0 spiro atoms. The van der Waals surface area contributed by atoms with Crippen molar-refractivity contribution in [2.45, 2.75) is 58.5 Å². The van der Waals surface area contributed by atoms with Gasteiger partial charge in [0.05, 0.1) is 0 Å². The van der Waals surface area contributed by atoms with E-state index in [1.165, 1.54) is 30.4 Å². The molecule has 0 saturated heterocycles. The summed E-state index contributed by atoms with van der Waals surface area (Å²) >= 11 is 0. The van der Waals surface area contributed by atoms with E-state index in [0.29, 0.717) is 11.7 Å². The molecular weight excluding hydrogens is 328 g/mol. The molecule has 4 heteroatoms. The summed E-state index contributed by atoms with van der Waals surface area (Å²) in [4.78, 5) is 22.7. The minimum atomic E-state index is -0.305. The molecule has 2 aliphatic carbocycles. The predicted octanol–water partition coefficient (Wildman–Crippen LogP) is 4.53. The van der Waals surface area contributed by atoms with Crippen LogP contribution < -0.4 is 4.74 Å². The number of esters is 2. The van der Waals surface area contributed by atoms with Crippen LogP contribution in [0.2, 0.25) is 0 Å². The van der Waals surface area contributed by atoms with Crippen LogP contribution in [0.15, 0.2) is 30.3 Å². The zero-order chi connectivity index (χ0) is 18.5. The first kappa shape index (κ1) is 17.1. The van der Waals surface area contributed by atoms with E-state index in [1.807, 2.05) is 12.1 Å². The van der Waals surface area contributed by atoms with Gasteiger partial charge in [-0.15, -0.1) is 0 Å². The van der Waals surface area contributed by atoms with Crippen LogP contribution >= 0.6 is 0 Å². The number of carbonyl (C=O) groups excluding carboxylic acids is 2. The average Bonchev–Trinajstić information content (AvgIpc) is 2.90. The number of benzene rings is 2. The number of ether oxygens (including phenoxy) is 2. The van der Waals surface area contributed by atoms with Crippen molar-refractivity contribution in [3.63, 3.8) is 0 Å². The summed E-state index contributed by atoms with van der Waals surface area (Å²) in [5.74, 6) is 0.522. The zero-order valence-corrected chi connectivity index (χ0v) is 15.5. The van der Waals surface area contributed by atoms with Gasteiger partial charge in [0.1, 0.15) is 11.9 Å². The van der Waals surface area contributed by atoms with E-state index in [9.17, 15) is 9.59 Å². The Labute approximate surface area is 153 Å². The first-order valence-corrected chi connectivity index (χ1v) is 9.29. The smallest absolute Gasteiger partial charge is 0.308 e. The predicted molar refractivity (Wildman–Crippen MR) is 99.2 cm³/mol. The number of hydrogen-bond acceptors (Lipinski definition) is 4. The Morgan fingerprint density at radius 1 is 1.08 bits per heavy atom. The molecule has 0 unspecified atom stereocenters. The topological polar surface area (TPSA) is 52.6 Å². The molecule has 0 aromatic heterocycles. The van der Waals surface area contributed by atoms with Crippen molar-refractivity contribution in [2.24, 2.45) is 5.41 Å². The van der Waals surface area contributed by atoms with Gasteiger partial charge >= 0.3 is 11.9 Å². The van der Waals surface area contributed by atoms with Gasteiger partial charge in [-0.25, -0.2) is 0 Å². The van der Waals surface area contributed by atoms with E-state index >= 15 is 0 Å². The van der Waals surface area contributed by atoms with Gasteiger partial charge in [-0.2, -0.15) is 0 Å². The maximum atomic E-state index is 11.5.